The highest BCUT2D eigenvalue weighted by Gasteiger charge is 2.29. The number of nitrogens with two attached hydrogens (primary N) is 1. The SMILES string of the molecule is NCC1CC(=O)N(c2cccc(-c3nn[nH]n3)c2)C1. The van der Waals surface area contributed by atoms with Crippen molar-refractivity contribution in [1.29, 1.82) is 0 Å². The number of tetrazole rings is 1. The minimum Gasteiger partial charge on any atom is -0.330 e. The molecule has 1 fully saturated rings. The molecule has 1 unspecified atom stereocenters. The van der Waals surface area contributed by atoms with Gasteiger partial charge in [-0.2, -0.15) is 5.21 Å². The van der Waals surface area contributed by atoms with Crippen LogP contribution in [0.5, 0.6) is 0 Å². The predicted octanol–water partition coefficient (Wildman–Crippen LogP) is 0.178. The maximum Gasteiger partial charge on any atom is 0.227 e. The van der Waals surface area contributed by atoms with Gasteiger partial charge in [0.15, 0.2) is 0 Å². The standard InChI is InChI=1S/C12H14N6O/c13-6-8-4-11(19)18(7-8)10-3-1-2-9(5-10)12-14-16-17-15-12/h1-3,5,8H,4,6-7,13H2,(H,14,15,16,17). The summed E-state index contributed by atoms with van der Waals surface area (Å²) in [7, 11) is 0. The molecule has 19 heavy (non-hydrogen) atoms. The molecule has 98 valence electrons. The summed E-state index contributed by atoms with van der Waals surface area (Å²) in [5.74, 6) is 0.867. The average molecular weight is 258 g/mol. The molecule has 7 nitrogen and oxygen atoms in total. The van der Waals surface area contributed by atoms with Crippen molar-refractivity contribution in [3.63, 3.8) is 0 Å². The molecule has 7 heteroatoms. The molecule has 3 N–H and O–H groups in total. The van der Waals surface area contributed by atoms with Gasteiger partial charge in [-0.25, -0.2) is 0 Å². The van der Waals surface area contributed by atoms with Crippen LogP contribution in [0.15, 0.2) is 24.3 Å². The lowest BCUT2D eigenvalue weighted by atomic mass is 10.1. The normalized spacial score (nSPS) is 19.1. The van der Waals surface area contributed by atoms with Gasteiger partial charge in [0.1, 0.15) is 0 Å². The first kappa shape index (κ1) is 11.8. The summed E-state index contributed by atoms with van der Waals surface area (Å²) in [6, 6.07) is 7.56. The third kappa shape index (κ3) is 2.19. The number of carbonyl (C=O) groups excluding carboxylic acids is 1. The van der Waals surface area contributed by atoms with Crippen molar-refractivity contribution < 1.29 is 4.79 Å². The fourth-order valence-electron chi connectivity index (χ4n) is 2.29. The van der Waals surface area contributed by atoms with Gasteiger partial charge in [-0.15, -0.1) is 10.2 Å². The Kier molecular flexibility index (Phi) is 2.96. The van der Waals surface area contributed by atoms with Gasteiger partial charge in [0.2, 0.25) is 11.7 Å². The summed E-state index contributed by atoms with van der Waals surface area (Å²) < 4.78 is 0. The molecule has 1 aromatic heterocycles. The van der Waals surface area contributed by atoms with Gasteiger partial charge in [0.25, 0.3) is 0 Å². The number of aromatic nitrogens is 4. The number of nitrogens with one attached hydrogen (secondary N) is 1. The molecule has 1 aliphatic rings. The third-order valence-electron chi connectivity index (χ3n) is 3.30. The number of anilines is 1. The van der Waals surface area contributed by atoms with Crippen LogP contribution < -0.4 is 10.6 Å². The van der Waals surface area contributed by atoms with Crippen molar-refractivity contribution in [2.75, 3.05) is 18.0 Å². The summed E-state index contributed by atoms with van der Waals surface area (Å²) in [6.45, 7) is 1.21. The zero-order valence-electron chi connectivity index (χ0n) is 10.3. The Balaban J connectivity index is 1.90. The molecule has 1 aliphatic heterocycles. The minimum atomic E-state index is 0.112. The van der Waals surface area contributed by atoms with E-state index in [1.165, 1.54) is 0 Å². The molecule has 2 aromatic rings. The Morgan fingerprint density at radius 3 is 3.05 bits per heavy atom. The Hall–Kier alpha value is -2.28. The number of hydrogen-bond donors (Lipinski definition) is 2. The summed E-state index contributed by atoms with van der Waals surface area (Å²) >= 11 is 0. The molecule has 0 radical (unpaired) electrons. The molecule has 0 bridgehead atoms. The van der Waals surface area contributed by atoms with Gasteiger partial charge >= 0.3 is 0 Å². The largest absolute Gasteiger partial charge is 0.330 e. The molecule has 0 spiro atoms. The van der Waals surface area contributed by atoms with Crippen molar-refractivity contribution in [3.05, 3.63) is 24.3 Å². The third-order valence-corrected chi connectivity index (χ3v) is 3.30. The highest BCUT2D eigenvalue weighted by Crippen LogP contribution is 2.27. The Labute approximate surface area is 109 Å². The first-order valence-electron chi connectivity index (χ1n) is 6.12. The molecule has 1 atom stereocenters. The van der Waals surface area contributed by atoms with E-state index in [1.807, 2.05) is 24.3 Å². The van der Waals surface area contributed by atoms with Gasteiger partial charge < -0.3 is 10.6 Å². The van der Waals surface area contributed by atoms with Crippen LogP contribution in [0.3, 0.4) is 0 Å². The van der Waals surface area contributed by atoms with Crippen LogP contribution in [-0.2, 0) is 4.79 Å². The van der Waals surface area contributed by atoms with E-state index in [0.29, 0.717) is 25.3 Å². The quantitative estimate of drug-likeness (QED) is 0.817. The van der Waals surface area contributed by atoms with Crippen molar-refractivity contribution >= 4 is 11.6 Å². The smallest absolute Gasteiger partial charge is 0.227 e. The first-order valence-corrected chi connectivity index (χ1v) is 6.12. The first-order chi connectivity index (χ1) is 9.28. The minimum absolute atomic E-state index is 0.112. The Bertz CT molecular complexity index is 582. The van der Waals surface area contributed by atoms with Gasteiger partial charge in [-0.1, -0.05) is 12.1 Å². The van der Waals surface area contributed by atoms with Crippen LogP contribution in [0.2, 0.25) is 0 Å². The summed E-state index contributed by atoms with van der Waals surface area (Å²) in [5.41, 5.74) is 7.31. The average Bonchev–Trinajstić information content (AvgIpc) is 3.08. The fraction of sp³-hybridized carbons (Fsp3) is 0.333. The van der Waals surface area contributed by atoms with Crippen molar-refractivity contribution in [2.24, 2.45) is 11.7 Å². The topological polar surface area (TPSA) is 101 Å². The monoisotopic (exact) mass is 258 g/mol. The van der Waals surface area contributed by atoms with E-state index in [4.69, 9.17) is 5.73 Å². The lowest BCUT2D eigenvalue weighted by Gasteiger charge is -2.17. The second kappa shape index (κ2) is 4.77. The van der Waals surface area contributed by atoms with Crippen LogP contribution >= 0.6 is 0 Å². The van der Waals surface area contributed by atoms with Crippen LogP contribution in [0, 0.1) is 5.92 Å². The van der Waals surface area contributed by atoms with E-state index in [1.54, 1.807) is 4.90 Å². The highest BCUT2D eigenvalue weighted by atomic mass is 16.2. The lowest BCUT2D eigenvalue weighted by Crippen LogP contribution is -2.25. The second-order valence-corrected chi connectivity index (χ2v) is 4.60. The van der Waals surface area contributed by atoms with Gasteiger partial charge in [-0.3, -0.25) is 4.79 Å². The maximum atomic E-state index is 12.0. The number of hydrogen-bond acceptors (Lipinski definition) is 5. The van der Waals surface area contributed by atoms with Gasteiger partial charge in [-0.05, 0) is 29.8 Å². The van der Waals surface area contributed by atoms with E-state index in [-0.39, 0.29) is 11.8 Å². The number of nitrogens with zero attached hydrogens (tertiary/aromatic N) is 4. The Morgan fingerprint density at radius 1 is 1.47 bits per heavy atom. The number of H-pyrrole nitrogens is 1. The Morgan fingerprint density at radius 2 is 2.37 bits per heavy atom. The molecule has 2 heterocycles. The van der Waals surface area contributed by atoms with Crippen LogP contribution in [0.25, 0.3) is 11.4 Å². The molecule has 1 saturated heterocycles. The van der Waals surface area contributed by atoms with E-state index >= 15 is 0 Å². The van der Waals surface area contributed by atoms with Crippen LogP contribution in [0.4, 0.5) is 5.69 Å². The molecule has 3 rings (SSSR count). The van der Waals surface area contributed by atoms with Crippen LogP contribution in [0.1, 0.15) is 6.42 Å². The molecular weight excluding hydrogens is 244 g/mol. The van der Waals surface area contributed by atoms with Crippen molar-refractivity contribution in [2.45, 2.75) is 6.42 Å². The number of aromatic amines is 1. The number of carbonyl (C=O) groups is 1. The second-order valence-electron chi connectivity index (χ2n) is 4.60. The molecule has 0 saturated carbocycles. The maximum absolute atomic E-state index is 12.0. The van der Waals surface area contributed by atoms with Crippen LogP contribution in [-0.4, -0.2) is 39.6 Å². The molecule has 1 aromatic carbocycles. The predicted molar refractivity (Wildman–Crippen MR) is 69.1 cm³/mol. The molecule has 1 amide bonds. The van der Waals surface area contributed by atoms with E-state index < -0.39 is 0 Å². The fourth-order valence-corrected chi connectivity index (χ4v) is 2.29. The zero-order valence-corrected chi connectivity index (χ0v) is 10.3. The lowest BCUT2D eigenvalue weighted by molar-refractivity contribution is -0.117. The van der Waals surface area contributed by atoms with Gasteiger partial charge in [0.05, 0.1) is 0 Å². The van der Waals surface area contributed by atoms with E-state index in [9.17, 15) is 4.79 Å². The van der Waals surface area contributed by atoms with Crippen molar-refractivity contribution in [1.82, 2.24) is 20.6 Å². The number of amides is 1. The number of rotatable bonds is 3. The molecule has 0 aliphatic carbocycles. The number of benzene rings is 1. The summed E-state index contributed by atoms with van der Waals surface area (Å²) in [5, 5.41) is 13.8. The summed E-state index contributed by atoms with van der Waals surface area (Å²) in [6.07, 6.45) is 0.517. The highest BCUT2D eigenvalue weighted by molar-refractivity contribution is 5.96. The zero-order chi connectivity index (χ0) is 13.2. The van der Waals surface area contributed by atoms with E-state index in [0.717, 1.165) is 11.3 Å². The summed E-state index contributed by atoms with van der Waals surface area (Å²) in [4.78, 5) is 13.7. The van der Waals surface area contributed by atoms with Crippen molar-refractivity contribution in [3.8, 4) is 11.4 Å². The molecular formula is C12H14N6O. The van der Waals surface area contributed by atoms with Gasteiger partial charge in [0, 0.05) is 24.2 Å². The van der Waals surface area contributed by atoms with E-state index in [2.05, 4.69) is 20.6 Å².